The number of sulfonamides is 1. The van der Waals surface area contributed by atoms with Gasteiger partial charge in [-0.2, -0.15) is 0 Å². The van der Waals surface area contributed by atoms with Crippen LogP contribution in [-0.2, 0) is 32.6 Å². The monoisotopic (exact) mass is 551 g/mol. The van der Waals surface area contributed by atoms with E-state index in [4.69, 9.17) is 0 Å². The lowest BCUT2D eigenvalue weighted by Crippen LogP contribution is -2.51. The average molecular weight is 553 g/mol. The van der Waals surface area contributed by atoms with Crippen molar-refractivity contribution in [3.63, 3.8) is 0 Å². The normalized spacial score (nSPS) is 12.1. The third-order valence-corrected chi connectivity index (χ3v) is 7.24. The fourth-order valence-corrected chi connectivity index (χ4v) is 4.53. The Kier molecular flexibility index (Phi) is 10.6. The minimum atomic E-state index is -3.73. The summed E-state index contributed by atoms with van der Waals surface area (Å²) >= 11 is 3.40. The molecule has 9 heteroatoms. The molecule has 0 radical (unpaired) electrons. The van der Waals surface area contributed by atoms with E-state index in [2.05, 4.69) is 21.2 Å². The lowest BCUT2D eigenvalue weighted by atomic mass is 10.1. The molecule has 2 amide bonds. The SMILES string of the molecule is CCCCNC(=O)[C@@H](C)N(Cc1ccc(Br)cc1)C(=O)CN(c1ccc(CC)cc1)S(C)(=O)=O. The van der Waals surface area contributed by atoms with Crippen molar-refractivity contribution in [1.29, 1.82) is 0 Å². The number of halogens is 1. The van der Waals surface area contributed by atoms with Gasteiger partial charge in [0.05, 0.1) is 11.9 Å². The first kappa shape index (κ1) is 27.9. The van der Waals surface area contributed by atoms with Gasteiger partial charge < -0.3 is 10.2 Å². The second-order valence-electron chi connectivity index (χ2n) is 8.26. The van der Waals surface area contributed by atoms with Crippen LogP contribution < -0.4 is 9.62 Å². The average Bonchev–Trinajstić information content (AvgIpc) is 2.81. The zero-order valence-electron chi connectivity index (χ0n) is 20.3. The molecule has 7 nitrogen and oxygen atoms in total. The van der Waals surface area contributed by atoms with E-state index in [1.54, 1.807) is 19.1 Å². The minimum Gasteiger partial charge on any atom is -0.354 e. The van der Waals surface area contributed by atoms with E-state index in [1.807, 2.05) is 50.2 Å². The molecule has 0 aliphatic heterocycles. The number of amides is 2. The topological polar surface area (TPSA) is 86.8 Å². The molecule has 0 unspecified atom stereocenters. The molecule has 1 N–H and O–H groups in total. The first-order chi connectivity index (χ1) is 16.1. The fraction of sp³-hybridized carbons (Fsp3) is 0.440. The van der Waals surface area contributed by atoms with E-state index in [9.17, 15) is 18.0 Å². The number of carbonyl (C=O) groups is 2. The van der Waals surface area contributed by atoms with Crippen LogP contribution in [0.4, 0.5) is 5.69 Å². The fourth-order valence-electron chi connectivity index (χ4n) is 3.42. The predicted octanol–water partition coefficient (Wildman–Crippen LogP) is 4.11. The number of carbonyl (C=O) groups excluding carboxylic acids is 2. The summed E-state index contributed by atoms with van der Waals surface area (Å²) in [7, 11) is -3.73. The molecular formula is C25H34BrN3O4S. The van der Waals surface area contributed by atoms with Crippen LogP contribution in [0.2, 0.25) is 0 Å². The second kappa shape index (κ2) is 12.9. The molecule has 0 aliphatic rings. The van der Waals surface area contributed by atoms with Crippen LogP contribution in [0.25, 0.3) is 0 Å². The molecule has 0 fully saturated rings. The van der Waals surface area contributed by atoms with Gasteiger partial charge in [0, 0.05) is 17.6 Å². The quantitative estimate of drug-likeness (QED) is 0.402. The number of aryl methyl sites for hydroxylation is 1. The number of hydrogen-bond acceptors (Lipinski definition) is 4. The Morgan fingerprint density at radius 3 is 2.12 bits per heavy atom. The molecular weight excluding hydrogens is 518 g/mol. The summed E-state index contributed by atoms with van der Waals surface area (Å²) in [5.41, 5.74) is 2.32. The number of anilines is 1. The van der Waals surface area contributed by atoms with E-state index in [0.717, 1.165) is 45.4 Å². The van der Waals surface area contributed by atoms with Gasteiger partial charge in [0.2, 0.25) is 21.8 Å². The maximum atomic E-state index is 13.5. The van der Waals surface area contributed by atoms with Crippen LogP contribution in [0.5, 0.6) is 0 Å². The summed E-state index contributed by atoms with van der Waals surface area (Å²) in [6.45, 7) is 6.03. The van der Waals surface area contributed by atoms with Crippen molar-refractivity contribution in [1.82, 2.24) is 10.2 Å². The summed E-state index contributed by atoms with van der Waals surface area (Å²) in [5.74, 6) is -0.719. The maximum absolute atomic E-state index is 13.5. The van der Waals surface area contributed by atoms with E-state index >= 15 is 0 Å². The summed E-state index contributed by atoms with van der Waals surface area (Å²) in [6.07, 6.45) is 3.68. The van der Waals surface area contributed by atoms with Crippen molar-refractivity contribution in [2.45, 2.75) is 52.6 Å². The van der Waals surface area contributed by atoms with Crippen molar-refractivity contribution in [2.75, 3.05) is 23.7 Å². The van der Waals surface area contributed by atoms with Crippen molar-refractivity contribution in [3.05, 3.63) is 64.1 Å². The van der Waals surface area contributed by atoms with Gasteiger partial charge >= 0.3 is 0 Å². The van der Waals surface area contributed by atoms with Crippen molar-refractivity contribution in [3.8, 4) is 0 Å². The summed E-state index contributed by atoms with van der Waals surface area (Å²) < 4.78 is 27.2. The van der Waals surface area contributed by atoms with Crippen LogP contribution in [0, 0.1) is 0 Å². The Balaban J connectivity index is 2.32. The van der Waals surface area contributed by atoms with E-state index in [0.29, 0.717) is 12.2 Å². The van der Waals surface area contributed by atoms with Gasteiger partial charge in [-0.1, -0.05) is 60.5 Å². The number of nitrogens with zero attached hydrogens (tertiary/aromatic N) is 2. The molecule has 0 saturated heterocycles. The van der Waals surface area contributed by atoms with E-state index in [-0.39, 0.29) is 12.5 Å². The van der Waals surface area contributed by atoms with Crippen molar-refractivity contribution < 1.29 is 18.0 Å². The minimum absolute atomic E-state index is 0.181. The number of benzene rings is 2. The molecule has 0 spiro atoms. The number of rotatable bonds is 12. The summed E-state index contributed by atoms with van der Waals surface area (Å²) in [5, 5.41) is 2.87. The number of unbranched alkanes of at least 4 members (excludes halogenated alkanes) is 1. The van der Waals surface area contributed by atoms with Crippen LogP contribution in [-0.4, -0.2) is 50.5 Å². The first-order valence-corrected chi connectivity index (χ1v) is 14.1. The molecule has 0 aliphatic carbocycles. The molecule has 34 heavy (non-hydrogen) atoms. The van der Waals surface area contributed by atoms with Crippen LogP contribution in [0.1, 0.15) is 44.7 Å². The predicted molar refractivity (Wildman–Crippen MR) is 140 cm³/mol. The third-order valence-electron chi connectivity index (χ3n) is 5.57. The Morgan fingerprint density at radius 1 is 1.00 bits per heavy atom. The van der Waals surface area contributed by atoms with E-state index < -0.39 is 28.5 Å². The van der Waals surface area contributed by atoms with Gasteiger partial charge in [0.15, 0.2) is 0 Å². The molecule has 0 bridgehead atoms. The highest BCUT2D eigenvalue weighted by Gasteiger charge is 2.30. The van der Waals surface area contributed by atoms with Gasteiger partial charge in [0.25, 0.3) is 0 Å². The maximum Gasteiger partial charge on any atom is 0.244 e. The van der Waals surface area contributed by atoms with Gasteiger partial charge in [-0.05, 0) is 55.2 Å². The lowest BCUT2D eigenvalue weighted by molar-refractivity contribution is -0.139. The van der Waals surface area contributed by atoms with Gasteiger partial charge in [0.1, 0.15) is 12.6 Å². The largest absolute Gasteiger partial charge is 0.354 e. The number of hydrogen-bond donors (Lipinski definition) is 1. The van der Waals surface area contributed by atoms with Crippen LogP contribution in [0.15, 0.2) is 53.0 Å². The first-order valence-electron chi connectivity index (χ1n) is 11.4. The smallest absolute Gasteiger partial charge is 0.244 e. The highest BCUT2D eigenvalue weighted by Crippen LogP contribution is 2.20. The van der Waals surface area contributed by atoms with E-state index in [1.165, 1.54) is 4.90 Å². The molecule has 2 aromatic rings. The second-order valence-corrected chi connectivity index (χ2v) is 11.1. The zero-order chi connectivity index (χ0) is 25.3. The molecule has 2 rings (SSSR count). The number of nitrogens with one attached hydrogen (secondary N) is 1. The molecule has 0 aromatic heterocycles. The summed E-state index contributed by atoms with van der Waals surface area (Å²) in [6, 6.07) is 13.8. The molecule has 0 heterocycles. The van der Waals surface area contributed by atoms with Crippen LogP contribution >= 0.6 is 15.9 Å². The molecule has 0 saturated carbocycles. The van der Waals surface area contributed by atoms with Crippen molar-refractivity contribution >= 4 is 43.5 Å². The third kappa shape index (κ3) is 8.13. The highest BCUT2D eigenvalue weighted by molar-refractivity contribution is 9.10. The van der Waals surface area contributed by atoms with Gasteiger partial charge in [-0.25, -0.2) is 8.42 Å². The Bertz CT molecular complexity index is 1060. The Morgan fingerprint density at radius 2 is 1.59 bits per heavy atom. The Hall–Kier alpha value is -2.39. The zero-order valence-corrected chi connectivity index (χ0v) is 22.7. The molecule has 186 valence electrons. The van der Waals surface area contributed by atoms with Gasteiger partial charge in [-0.15, -0.1) is 0 Å². The standard InChI is InChI=1S/C25H34BrN3O4S/c1-5-7-16-27-25(31)19(3)28(17-21-8-12-22(26)13-9-21)24(30)18-29(34(4,32)33)23-14-10-20(6-2)11-15-23/h8-15,19H,5-7,16-18H2,1-4H3,(H,27,31)/t19-/m1/s1. The highest BCUT2D eigenvalue weighted by atomic mass is 79.9. The van der Waals surface area contributed by atoms with Crippen LogP contribution in [0.3, 0.4) is 0 Å². The van der Waals surface area contributed by atoms with Gasteiger partial charge in [-0.3, -0.25) is 13.9 Å². The Labute approximate surface area is 211 Å². The lowest BCUT2D eigenvalue weighted by Gasteiger charge is -2.31. The summed E-state index contributed by atoms with van der Waals surface area (Å²) in [4.78, 5) is 27.7. The molecule has 2 aromatic carbocycles. The van der Waals surface area contributed by atoms with Crippen molar-refractivity contribution in [2.24, 2.45) is 0 Å². The molecule has 1 atom stereocenters.